The van der Waals surface area contributed by atoms with Gasteiger partial charge >= 0.3 is 0 Å². The molecule has 2 atom stereocenters. The van der Waals surface area contributed by atoms with Crippen molar-refractivity contribution in [3.8, 4) is 0 Å². The molecule has 3 N–H and O–H groups in total. The molecule has 0 amide bonds. The topological polar surface area (TPSA) is 41.3 Å². The zero-order valence-electron chi connectivity index (χ0n) is 17.5. The summed E-state index contributed by atoms with van der Waals surface area (Å²) >= 11 is 0. The highest BCUT2D eigenvalue weighted by atomic mass is 15.1. The zero-order valence-corrected chi connectivity index (χ0v) is 17.5. The fourth-order valence-electron chi connectivity index (χ4n) is 3.96. The Morgan fingerprint density at radius 3 is 2.50 bits per heavy atom. The van der Waals surface area contributed by atoms with Crippen LogP contribution in [0.15, 0.2) is 115 Å². The van der Waals surface area contributed by atoms with E-state index < -0.39 is 0 Å². The summed E-state index contributed by atoms with van der Waals surface area (Å²) in [7, 11) is 0. The maximum absolute atomic E-state index is 6.45. The highest BCUT2D eigenvalue weighted by Crippen LogP contribution is 2.33. The third-order valence-electron chi connectivity index (χ3n) is 5.70. The molecule has 2 aromatic rings. The lowest BCUT2D eigenvalue weighted by atomic mass is 9.94. The van der Waals surface area contributed by atoms with E-state index in [1.165, 1.54) is 16.8 Å². The SMILES string of the molecule is C=C1/C=C\C=C/N(c2ccc(C(N)NC(C)c3ccccc3)cc2)C2=C1CCC=C2. The molecule has 30 heavy (non-hydrogen) atoms. The lowest BCUT2D eigenvalue weighted by Crippen LogP contribution is -2.31. The molecule has 3 heteroatoms. The van der Waals surface area contributed by atoms with Crippen molar-refractivity contribution in [2.75, 3.05) is 4.90 Å². The second kappa shape index (κ2) is 9.12. The van der Waals surface area contributed by atoms with Gasteiger partial charge in [-0.15, -0.1) is 0 Å². The molecule has 0 spiro atoms. The van der Waals surface area contributed by atoms with Crippen molar-refractivity contribution < 1.29 is 0 Å². The molecule has 0 fully saturated rings. The van der Waals surface area contributed by atoms with Crippen molar-refractivity contribution in [3.63, 3.8) is 0 Å². The quantitative estimate of drug-likeness (QED) is 0.606. The third kappa shape index (κ3) is 4.38. The van der Waals surface area contributed by atoms with Crippen LogP contribution < -0.4 is 16.0 Å². The van der Waals surface area contributed by atoms with Crippen molar-refractivity contribution in [1.29, 1.82) is 0 Å². The molecule has 1 aliphatic carbocycles. The number of hydrogen-bond acceptors (Lipinski definition) is 3. The van der Waals surface area contributed by atoms with Crippen molar-refractivity contribution in [1.82, 2.24) is 5.32 Å². The van der Waals surface area contributed by atoms with E-state index in [-0.39, 0.29) is 12.2 Å². The Labute approximate surface area is 179 Å². The van der Waals surface area contributed by atoms with Crippen LogP contribution in [0.25, 0.3) is 0 Å². The van der Waals surface area contributed by atoms with Crippen molar-refractivity contribution in [3.05, 3.63) is 126 Å². The number of rotatable bonds is 5. The summed E-state index contributed by atoms with van der Waals surface area (Å²) in [5.74, 6) is 0. The third-order valence-corrected chi connectivity index (χ3v) is 5.70. The average Bonchev–Trinajstić information content (AvgIpc) is 2.78. The number of hydrogen-bond donors (Lipinski definition) is 2. The predicted octanol–water partition coefficient (Wildman–Crippen LogP) is 6.04. The second-order valence-electron chi connectivity index (χ2n) is 7.77. The highest BCUT2D eigenvalue weighted by molar-refractivity contribution is 5.64. The lowest BCUT2D eigenvalue weighted by Gasteiger charge is -2.29. The standard InChI is InChI=1S/C27H29N3/c1-20-10-8-9-19-30(26-14-7-6-13-25(20)26)24-17-15-23(16-18-24)27(28)29-21(2)22-11-4-3-5-12-22/h3-5,7-12,14-19,21,27,29H,1,6,13,28H2,2H3/b10-8-,19-9-. The van der Waals surface area contributed by atoms with Crippen LogP contribution in [-0.4, -0.2) is 0 Å². The van der Waals surface area contributed by atoms with Gasteiger partial charge in [0.1, 0.15) is 0 Å². The monoisotopic (exact) mass is 395 g/mol. The average molecular weight is 396 g/mol. The van der Waals surface area contributed by atoms with Gasteiger partial charge in [-0.25, -0.2) is 0 Å². The van der Waals surface area contributed by atoms with Crippen LogP contribution in [0.5, 0.6) is 0 Å². The highest BCUT2D eigenvalue weighted by Gasteiger charge is 2.18. The van der Waals surface area contributed by atoms with Crippen LogP contribution in [0, 0.1) is 0 Å². The summed E-state index contributed by atoms with van der Waals surface area (Å²) in [4.78, 5) is 2.23. The molecule has 4 rings (SSSR count). The zero-order chi connectivity index (χ0) is 20.9. The van der Waals surface area contributed by atoms with Gasteiger partial charge < -0.3 is 10.6 Å². The van der Waals surface area contributed by atoms with Gasteiger partial charge in [0.05, 0.1) is 6.17 Å². The normalized spacial score (nSPS) is 20.2. The summed E-state index contributed by atoms with van der Waals surface area (Å²) in [5.41, 5.74) is 13.4. The fourth-order valence-corrected chi connectivity index (χ4v) is 3.96. The molecule has 152 valence electrons. The molecule has 0 saturated heterocycles. The summed E-state index contributed by atoms with van der Waals surface area (Å²) in [6.07, 6.45) is 14.6. The van der Waals surface area contributed by atoms with Crippen LogP contribution in [0.1, 0.15) is 43.1 Å². The van der Waals surface area contributed by atoms with Gasteiger partial charge in [0.25, 0.3) is 0 Å². The van der Waals surface area contributed by atoms with E-state index >= 15 is 0 Å². The molecule has 2 aliphatic rings. The first-order valence-electron chi connectivity index (χ1n) is 10.5. The van der Waals surface area contributed by atoms with Crippen molar-refractivity contribution >= 4 is 5.69 Å². The molecule has 0 aromatic heterocycles. The minimum Gasteiger partial charge on any atom is -0.317 e. The van der Waals surface area contributed by atoms with E-state index in [9.17, 15) is 0 Å². The Bertz CT molecular complexity index is 1010. The first-order valence-corrected chi connectivity index (χ1v) is 10.5. The fraction of sp³-hybridized carbons (Fsp3) is 0.185. The largest absolute Gasteiger partial charge is 0.317 e. The van der Waals surface area contributed by atoms with Gasteiger partial charge in [-0.2, -0.15) is 0 Å². The van der Waals surface area contributed by atoms with Crippen molar-refractivity contribution in [2.24, 2.45) is 5.73 Å². The molecule has 0 radical (unpaired) electrons. The molecule has 1 heterocycles. The van der Waals surface area contributed by atoms with E-state index in [1.807, 2.05) is 6.07 Å². The van der Waals surface area contributed by atoms with Crippen LogP contribution in [0.4, 0.5) is 5.69 Å². The molecule has 0 bridgehead atoms. The second-order valence-corrected chi connectivity index (χ2v) is 7.77. The van der Waals surface area contributed by atoms with Crippen LogP contribution in [0.2, 0.25) is 0 Å². The van der Waals surface area contributed by atoms with Crippen LogP contribution in [0.3, 0.4) is 0 Å². The van der Waals surface area contributed by atoms with Crippen molar-refractivity contribution in [2.45, 2.75) is 32.0 Å². The van der Waals surface area contributed by atoms with E-state index in [0.717, 1.165) is 29.7 Å². The summed E-state index contributed by atoms with van der Waals surface area (Å²) in [5, 5.41) is 3.49. The number of nitrogens with zero attached hydrogens (tertiary/aromatic N) is 1. The maximum atomic E-state index is 6.45. The number of allylic oxidation sites excluding steroid dienone is 7. The number of nitrogens with two attached hydrogens (primary N) is 1. The van der Waals surface area contributed by atoms with E-state index in [2.05, 4.69) is 109 Å². The first-order chi connectivity index (χ1) is 14.6. The number of anilines is 1. The minimum absolute atomic E-state index is 0.177. The number of benzene rings is 2. The smallest absolute Gasteiger partial charge is 0.0814 e. The van der Waals surface area contributed by atoms with E-state index in [4.69, 9.17) is 5.73 Å². The molecule has 0 saturated carbocycles. The van der Waals surface area contributed by atoms with Gasteiger partial charge in [-0.3, -0.25) is 5.32 Å². The number of nitrogens with one attached hydrogen (secondary N) is 1. The predicted molar refractivity (Wildman–Crippen MR) is 127 cm³/mol. The Hall–Kier alpha value is -3.14. The maximum Gasteiger partial charge on any atom is 0.0814 e. The van der Waals surface area contributed by atoms with Gasteiger partial charge in [-0.05, 0) is 66.3 Å². The van der Waals surface area contributed by atoms with Gasteiger partial charge in [0, 0.05) is 23.6 Å². The van der Waals surface area contributed by atoms with Gasteiger partial charge in [0.2, 0.25) is 0 Å². The minimum atomic E-state index is -0.232. The Kier molecular flexibility index (Phi) is 6.12. The molecule has 1 aliphatic heterocycles. The Morgan fingerprint density at radius 1 is 0.967 bits per heavy atom. The molecular formula is C27H29N3. The molecule has 2 unspecified atom stereocenters. The lowest BCUT2D eigenvalue weighted by molar-refractivity contribution is 0.479. The van der Waals surface area contributed by atoms with Crippen LogP contribution in [-0.2, 0) is 0 Å². The Balaban J connectivity index is 1.54. The molecule has 3 nitrogen and oxygen atoms in total. The molecule has 2 aromatic carbocycles. The van der Waals surface area contributed by atoms with E-state index in [1.54, 1.807) is 0 Å². The summed E-state index contributed by atoms with van der Waals surface area (Å²) in [6, 6.07) is 19.0. The first kappa shape index (κ1) is 20.1. The van der Waals surface area contributed by atoms with Gasteiger partial charge in [0.15, 0.2) is 0 Å². The van der Waals surface area contributed by atoms with Gasteiger partial charge in [-0.1, -0.05) is 67.3 Å². The Morgan fingerprint density at radius 2 is 1.73 bits per heavy atom. The summed E-state index contributed by atoms with van der Waals surface area (Å²) in [6.45, 7) is 6.39. The van der Waals surface area contributed by atoms with Crippen LogP contribution >= 0.6 is 0 Å². The van der Waals surface area contributed by atoms with E-state index in [0.29, 0.717) is 0 Å². The molecular weight excluding hydrogens is 366 g/mol. The summed E-state index contributed by atoms with van der Waals surface area (Å²) < 4.78 is 0.